The highest BCUT2D eigenvalue weighted by Crippen LogP contribution is 2.34. The molecular formula is C18H15NO3. The summed E-state index contributed by atoms with van der Waals surface area (Å²) < 4.78 is 5.21. The number of esters is 1. The molecule has 2 aromatic rings. The zero-order chi connectivity index (χ0) is 15.5. The van der Waals surface area contributed by atoms with Gasteiger partial charge in [0.15, 0.2) is 0 Å². The third kappa shape index (κ3) is 2.39. The van der Waals surface area contributed by atoms with Gasteiger partial charge in [-0.25, -0.2) is 4.79 Å². The highest BCUT2D eigenvalue weighted by Gasteiger charge is 2.29. The predicted octanol–water partition coefficient (Wildman–Crippen LogP) is 2.51. The first-order valence-electron chi connectivity index (χ1n) is 6.99. The molecule has 1 N–H and O–H groups in total. The molecular weight excluding hydrogens is 278 g/mol. The first-order chi connectivity index (χ1) is 10.7. The van der Waals surface area contributed by atoms with Crippen LogP contribution >= 0.6 is 0 Å². The van der Waals surface area contributed by atoms with Crippen LogP contribution in [0.3, 0.4) is 0 Å². The Balaban J connectivity index is 2.20. The molecule has 4 nitrogen and oxygen atoms in total. The number of ether oxygens (including phenoxy) is 1. The Labute approximate surface area is 128 Å². The first-order valence-corrected chi connectivity index (χ1v) is 6.99. The van der Waals surface area contributed by atoms with E-state index in [0.29, 0.717) is 11.1 Å². The second-order valence-electron chi connectivity index (χ2n) is 4.92. The van der Waals surface area contributed by atoms with Gasteiger partial charge in [-0.1, -0.05) is 48.5 Å². The number of amides is 1. The van der Waals surface area contributed by atoms with Gasteiger partial charge in [-0.2, -0.15) is 0 Å². The van der Waals surface area contributed by atoms with Crippen molar-refractivity contribution < 1.29 is 14.3 Å². The van der Waals surface area contributed by atoms with Crippen LogP contribution < -0.4 is 5.32 Å². The smallest absolute Gasteiger partial charge is 0.339 e. The third-order valence-electron chi connectivity index (χ3n) is 3.64. The van der Waals surface area contributed by atoms with Crippen molar-refractivity contribution in [3.8, 4) is 0 Å². The maximum atomic E-state index is 12.1. The molecule has 1 heterocycles. The van der Waals surface area contributed by atoms with Crippen molar-refractivity contribution in [3.63, 3.8) is 0 Å². The van der Waals surface area contributed by atoms with Crippen LogP contribution in [-0.4, -0.2) is 25.5 Å². The van der Waals surface area contributed by atoms with Gasteiger partial charge in [-0.05, 0) is 17.2 Å². The van der Waals surface area contributed by atoms with Crippen LogP contribution in [0.15, 0.2) is 54.6 Å². The lowest BCUT2D eigenvalue weighted by atomic mass is 9.93. The topological polar surface area (TPSA) is 55.4 Å². The van der Waals surface area contributed by atoms with Crippen LogP contribution in [0.1, 0.15) is 21.5 Å². The molecule has 0 bridgehead atoms. The van der Waals surface area contributed by atoms with Crippen LogP contribution in [-0.2, 0) is 9.53 Å². The van der Waals surface area contributed by atoms with E-state index in [9.17, 15) is 9.59 Å². The number of carbonyl (C=O) groups excluding carboxylic acids is 2. The van der Waals surface area contributed by atoms with Crippen molar-refractivity contribution in [2.45, 2.75) is 0 Å². The lowest BCUT2D eigenvalue weighted by Gasteiger charge is -2.10. The Morgan fingerprint density at radius 1 is 1.05 bits per heavy atom. The maximum Gasteiger partial charge on any atom is 0.339 e. The van der Waals surface area contributed by atoms with Crippen molar-refractivity contribution >= 4 is 23.0 Å². The fraction of sp³-hybridized carbons (Fsp3) is 0.111. The number of rotatable bonds is 3. The largest absolute Gasteiger partial charge is 0.457 e. The van der Waals surface area contributed by atoms with Gasteiger partial charge < -0.3 is 10.1 Å². The van der Waals surface area contributed by atoms with Gasteiger partial charge in [0.1, 0.15) is 6.61 Å². The molecule has 0 saturated heterocycles. The summed E-state index contributed by atoms with van der Waals surface area (Å²) in [6.07, 6.45) is 0. The average Bonchev–Trinajstić information content (AvgIpc) is 2.96. The number of benzene rings is 2. The summed E-state index contributed by atoms with van der Waals surface area (Å²) in [4.78, 5) is 24.2. The van der Waals surface area contributed by atoms with Gasteiger partial charge in [-0.3, -0.25) is 4.79 Å². The van der Waals surface area contributed by atoms with Gasteiger partial charge in [0.2, 0.25) is 0 Å². The van der Waals surface area contributed by atoms with E-state index < -0.39 is 0 Å². The van der Waals surface area contributed by atoms with E-state index >= 15 is 0 Å². The fourth-order valence-corrected chi connectivity index (χ4v) is 2.59. The van der Waals surface area contributed by atoms with Crippen LogP contribution in [0, 0.1) is 0 Å². The molecule has 0 saturated carbocycles. The van der Waals surface area contributed by atoms with Crippen LogP contribution in [0.5, 0.6) is 0 Å². The van der Waals surface area contributed by atoms with Crippen LogP contribution in [0.2, 0.25) is 0 Å². The molecule has 0 spiro atoms. The van der Waals surface area contributed by atoms with Crippen molar-refractivity contribution in [2.75, 3.05) is 13.7 Å². The molecule has 0 unspecified atom stereocenters. The van der Waals surface area contributed by atoms with E-state index in [-0.39, 0.29) is 18.5 Å². The summed E-state index contributed by atoms with van der Waals surface area (Å²) in [5.74, 6) is -0.539. The van der Waals surface area contributed by atoms with E-state index in [1.807, 2.05) is 42.5 Å². The zero-order valence-corrected chi connectivity index (χ0v) is 12.1. The minimum absolute atomic E-state index is 0.178. The quantitative estimate of drug-likeness (QED) is 0.885. The molecule has 2 aromatic carbocycles. The SMILES string of the molecule is CNC(=O)c1ccccc1C1=C(c2ccccc2)C(=O)OC1. The van der Waals surface area contributed by atoms with E-state index in [1.54, 1.807) is 19.2 Å². The van der Waals surface area contributed by atoms with E-state index in [2.05, 4.69) is 5.32 Å². The lowest BCUT2D eigenvalue weighted by molar-refractivity contribution is -0.133. The fourth-order valence-electron chi connectivity index (χ4n) is 2.59. The van der Waals surface area contributed by atoms with E-state index in [0.717, 1.165) is 16.7 Å². The zero-order valence-electron chi connectivity index (χ0n) is 12.1. The normalized spacial score (nSPS) is 14.0. The molecule has 22 heavy (non-hydrogen) atoms. The summed E-state index contributed by atoms with van der Waals surface area (Å²) in [7, 11) is 1.59. The molecule has 1 aliphatic heterocycles. The van der Waals surface area contributed by atoms with Crippen molar-refractivity contribution in [2.24, 2.45) is 0 Å². The van der Waals surface area contributed by atoms with E-state index in [1.165, 1.54) is 0 Å². The molecule has 0 aromatic heterocycles. The molecule has 3 rings (SSSR count). The molecule has 0 atom stereocenters. The predicted molar refractivity (Wildman–Crippen MR) is 84.0 cm³/mol. The van der Waals surface area contributed by atoms with Crippen molar-refractivity contribution in [3.05, 3.63) is 71.3 Å². The maximum absolute atomic E-state index is 12.1. The minimum atomic E-state index is -0.354. The Morgan fingerprint density at radius 3 is 2.45 bits per heavy atom. The van der Waals surface area contributed by atoms with Gasteiger partial charge in [-0.15, -0.1) is 0 Å². The number of hydrogen-bond acceptors (Lipinski definition) is 3. The molecule has 1 aliphatic rings. The summed E-state index contributed by atoms with van der Waals surface area (Å²) in [5, 5.41) is 2.62. The van der Waals surface area contributed by atoms with Gasteiger partial charge in [0.25, 0.3) is 5.91 Å². The van der Waals surface area contributed by atoms with E-state index in [4.69, 9.17) is 4.74 Å². The molecule has 4 heteroatoms. The van der Waals surface area contributed by atoms with Gasteiger partial charge >= 0.3 is 5.97 Å². The summed E-state index contributed by atoms with van der Waals surface area (Å²) >= 11 is 0. The third-order valence-corrected chi connectivity index (χ3v) is 3.64. The molecule has 0 fully saturated rings. The second kappa shape index (κ2) is 5.85. The van der Waals surface area contributed by atoms with Gasteiger partial charge in [0, 0.05) is 18.2 Å². The Morgan fingerprint density at radius 2 is 1.73 bits per heavy atom. The Bertz CT molecular complexity index is 763. The molecule has 110 valence electrons. The molecule has 1 amide bonds. The number of hydrogen-bond donors (Lipinski definition) is 1. The molecule has 0 radical (unpaired) electrons. The summed E-state index contributed by atoms with van der Waals surface area (Å²) in [5.41, 5.74) is 3.33. The lowest BCUT2D eigenvalue weighted by Crippen LogP contribution is -2.19. The number of nitrogens with one attached hydrogen (secondary N) is 1. The molecule has 0 aliphatic carbocycles. The standard InChI is InChI=1S/C18H15NO3/c1-19-17(20)14-10-6-5-9-13(14)15-11-22-18(21)16(15)12-7-3-2-4-8-12/h2-10H,11H2,1H3,(H,19,20). The minimum Gasteiger partial charge on any atom is -0.457 e. The second-order valence-corrected chi connectivity index (χ2v) is 4.92. The van der Waals surface area contributed by atoms with Crippen LogP contribution in [0.25, 0.3) is 11.1 Å². The van der Waals surface area contributed by atoms with Crippen molar-refractivity contribution in [1.82, 2.24) is 5.32 Å². The first kappa shape index (κ1) is 14.1. The summed E-state index contributed by atoms with van der Waals surface area (Å²) in [6, 6.07) is 16.6. The Hall–Kier alpha value is -2.88. The summed E-state index contributed by atoms with van der Waals surface area (Å²) in [6.45, 7) is 0.178. The van der Waals surface area contributed by atoms with Crippen molar-refractivity contribution in [1.29, 1.82) is 0 Å². The number of carbonyl (C=O) groups is 2. The monoisotopic (exact) mass is 293 g/mol. The highest BCUT2D eigenvalue weighted by atomic mass is 16.5. The average molecular weight is 293 g/mol. The number of cyclic esters (lactones) is 1. The highest BCUT2D eigenvalue weighted by molar-refractivity contribution is 6.28. The van der Waals surface area contributed by atoms with Crippen LogP contribution in [0.4, 0.5) is 0 Å². The van der Waals surface area contributed by atoms with Gasteiger partial charge in [0.05, 0.1) is 5.57 Å². The Kier molecular flexibility index (Phi) is 3.74.